The Bertz CT molecular complexity index is 292. The van der Waals surface area contributed by atoms with Gasteiger partial charge >= 0.3 is 42.4 Å². The Hall–Kier alpha value is -1.58. The number of carbonyl (C=O) groups excluding carboxylic acids is 4. The third-order valence-corrected chi connectivity index (χ3v) is 1.80. The molecule has 0 amide bonds. The monoisotopic (exact) mass is 387 g/mol. The number of esters is 4. The van der Waals surface area contributed by atoms with Crippen LogP contribution in [-0.4, -0.2) is 50.3 Å². The fourth-order valence-corrected chi connectivity index (χ4v) is 1.08. The van der Waals surface area contributed by atoms with E-state index in [4.69, 9.17) is 0 Å². The van der Waals surface area contributed by atoms with Gasteiger partial charge in [-0.25, -0.2) is 0 Å². The molecule has 0 N–H and O–H groups in total. The number of carbonyl (C=O) groups is 4. The van der Waals surface area contributed by atoms with E-state index in [-0.39, 0.29) is 63.3 Å². The molecule has 0 unspecified atom stereocenters. The van der Waals surface area contributed by atoms with E-state index < -0.39 is 23.9 Å². The molecule has 0 aromatic carbocycles. The van der Waals surface area contributed by atoms with Crippen LogP contribution >= 0.6 is 0 Å². The summed E-state index contributed by atoms with van der Waals surface area (Å²) in [6.45, 7) is 7.89. The minimum absolute atomic E-state index is 0. The number of ether oxygens (including phenoxy) is 4. The first-order chi connectivity index (χ1) is 10.4. The molecule has 1 radical (unpaired) electrons. The van der Waals surface area contributed by atoms with Crippen LogP contribution in [0, 0.1) is 0 Å². The van der Waals surface area contributed by atoms with Gasteiger partial charge in [0.05, 0.1) is 26.4 Å². The molecule has 0 saturated carbocycles. The van der Waals surface area contributed by atoms with Crippen LogP contribution in [0.4, 0.5) is 0 Å². The largest absolute Gasteiger partial charge is 4.00 e. The van der Waals surface area contributed by atoms with E-state index in [1.807, 2.05) is 0 Å². The van der Waals surface area contributed by atoms with E-state index in [1.54, 1.807) is 27.7 Å². The van der Waals surface area contributed by atoms with Crippen molar-refractivity contribution < 1.29 is 62.2 Å². The fraction of sp³-hybridized carbons (Fsp3) is 0.714. The van der Waals surface area contributed by atoms with Gasteiger partial charge in [0.2, 0.25) is 0 Å². The summed E-state index contributed by atoms with van der Waals surface area (Å²) in [7, 11) is 0. The van der Waals surface area contributed by atoms with Gasteiger partial charge < -0.3 is 24.4 Å². The van der Waals surface area contributed by atoms with E-state index in [1.165, 1.54) is 0 Å². The van der Waals surface area contributed by atoms with Gasteiger partial charge in [-0.2, -0.15) is 0 Å². The molecule has 137 valence electrons. The van der Waals surface area contributed by atoms with Gasteiger partial charge in [0.25, 0.3) is 0 Å². The van der Waals surface area contributed by atoms with Crippen molar-refractivity contribution in [3.05, 3.63) is 0 Å². The zero-order valence-electron chi connectivity index (χ0n) is 14.4. The zero-order valence-corrected chi connectivity index (χ0v) is 15.8. The van der Waals surface area contributed by atoms with Crippen molar-refractivity contribution in [2.45, 2.75) is 40.5 Å². The maximum Gasteiger partial charge on any atom is 4.00 e. The van der Waals surface area contributed by atoms with E-state index in [9.17, 15) is 19.2 Å². The summed E-state index contributed by atoms with van der Waals surface area (Å²) < 4.78 is 18.1. The number of hydrogen-bond acceptors (Lipinski definition) is 8. The summed E-state index contributed by atoms with van der Waals surface area (Å²) in [4.78, 5) is 42.4. The Morgan fingerprint density at radius 1 is 0.542 bits per heavy atom. The van der Waals surface area contributed by atoms with Crippen molar-refractivity contribution >= 4 is 23.9 Å². The molecule has 0 heterocycles. The fourth-order valence-electron chi connectivity index (χ4n) is 1.08. The molecule has 0 aromatic heterocycles. The van der Waals surface area contributed by atoms with E-state index >= 15 is 0 Å². The third kappa shape index (κ3) is 22.7. The molecule has 0 rings (SSSR count). The quantitative estimate of drug-likeness (QED) is 0.340. The Labute approximate surface area is 153 Å². The van der Waals surface area contributed by atoms with Crippen molar-refractivity contribution in [1.29, 1.82) is 0 Å². The summed E-state index contributed by atoms with van der Waals surface area (Å²) in [5.41, 5.74) is 0. The molecular weight excluding hydrogens is 363 g/mol. The average Bonchev–Trinajstić information content (AvgIpc) is 2.40. The third-order valence-electron chi connectivity index (χ3n) is 1.80. The molecule has 10 heteroatoms. The van der Waals surface area contributed by atoms with E-state index in [0.29, 0.717) is 0 Å². The van der Waals surface area contributed by atoms with Crippen molar-refractivity contribution in [1.82, 2.24) is 0 Å². The van der Waals surface area contributed by atoms with E-state index in [2.05, 4.69) is 18.9 Å². The van der Waals surface area contributed by atoms with Crippen molar-refractivity contribution in [3.8, 4) is 0 Å². The molecule has 0 aliphatic carbocycles. The van der Waals surface area contributed by atoms with Crippen LogP contribution in [0.2, 0.25) is 0 Å². The first kappa shape index (κ1) is 30.3. The summed E-state index contributed by atoms with van der Waals surface area (Å²) in [5.74, 6) is -2.14. The second-order valence-corrected chi connectivity index (χ2v) is 3.57. The average molecular weight is 387 g/mol. The molecule has 0 aromatic rings. The molecule has 0 aliphatic rings. The molecule has 24 heavy (non-hydrogen) atoms. The molecule has 0 saturated heterocycles. The first-order valence-corrected chi connectivity index (χ1v) is 7.03. The maximum atomic E-state index is 10.6. The SMILES string of the molecule is CCOC(=O)CC(=O)OCC.CCOC(=O)CC(=O)OCC.[O-2].[V+4]. The molecule has 0 fully saturated rings. The second-order valence-electron chi connectivity index (χ2n) is 3.57. The van der Waals surface area contributed by atoms with Gasteiger partial charge in [0.1, 0.15) is 12.8 Å². The Kier molecular flexibility index (Phi) is 27.1. The second kappa shape index (κ2) is 21.4. The van der Waals surface area contributed by atoms with Gasteiger partial charge in [0.15, 0.2) is 0 Å². The summed E-state index contributed by atoms with van der Waals surface area (Å²) in [5, 5.41) is 0. The molecule has 0 atom stereocenters. The van der Waals surface area contributed by atoms with Gasteiger partial charge in [0, 0.05) is 0 Å². The van der Waals surface area contributed by atoms with Crippen LogP contribution < -0.4 is 0 Å². The van der Waals surface area contributed by atoms with Crippen LogP contribution in [0.25, 0.3) is 0 Å². The number of rotatable bonds is 8. The van der Waals surface area contributed by atoms with E-state index in [0.717, 1.165) is 0 Å². The summed E-state index contributed by atoms with van der Waals surface area (Å²) >= 11 is 0. The first-order valence-electron chi connectivity index (χ1n) is 7.03. The van der Waals surface area contributed by atoms with Gasteiger partial charge in [-0.1, -0.05) is 0 Å². The van der Waals surface area contributed by atoms with Gasteiger partial charge in [-0.15, -0.1) is 0 Å². The molecule has 0 spiro atoms. The van der Waals surface area contributed by atoms with Gasteiger partial charge in [-0.3, -0.25) is 19.2 Å². The van der Waals surface area contributed by atoms with Gasteiger partial charge in [-0.05, 0) is 27.7 Å². The van der Waals surface area contributed by atoms with Crippen LogP contribution in [0.15, 0.2) is 0 Å². The molecule has 0 aliphatic heterocycles. The predicted octanol–water partition coefficient (Wildman–Crippen LogP) is 0.884. The minimum atomic E-state index is -0.536. The maximum absolute atomic E-state index is 10.6. The smallest absolute Gasteiger partial charge is 2.00 e. The molecular formula is C14H24O9V+2. The zero-order chi connectivity index (χ0) is 17.4. The van der Waals surface area contributed by atoms with Crippen molar-refractivity contribution in [2.75, 3.05) is 26.4 Å². The molecule has 0 bridgehead atoms. The number of hydrogen-bond donors (Lipinski definition) is 0. The Morgan fingerprint density at radius 3 is 0.833 bits per heavy atom. The van der Waals surface area contributed by atoms with Crippen molar-refractivity contribution in [3.63, 3.8) is 0 Å². The van der Waals surface area contributed by atoms with Crippen molar-refractivity contribution in [2.24, 2.45) is 0 Å². The van der Waals surface area contributed by atoms with Crippen LogP contribution in [0.3, 0.4) is 0 Å². The summed E-state index contributed by atoms with van der Waals surface area (Å²) in [6, 6.07) is 0. The predicted molar refractivity (Wildman–Crippen MR) is 76.5 cm³/mol. The minimum Gasteiger partial charge on any atom is -2.00 e. The standard InChI is InChI=1S/2C7H12O4.O.V/c2*1-3-10-6(8)5-7(9)11-4-2;;/h2*3-5H2,1-2H3;;/q;;-2;+4. The topological polar surface area (TPSA) is 134 Å². The van der Waals surface area contributed by atoms with Crippen LogP contribution in [0.1, 0.15) is 40.5 Å². The van der Waals surface area contributed by atoms with Crippen LogP contribution in [-0.2, 0) is 62.2 Å². The summed E-state index contributed by atoms with van der Waals surface area (Å²) in [6.07, 6.45) is -0.580. The molecule has 9 nitrogen and oxygen atoms in total. The Balaban J connectivity index is -0.000000154. The normalized spacial score (nSPS) is 8.17. The Morgan fingerprint density at radius 2 is 0.708 bits per heavy atom. The van der Waals surface area contributed by atoms with Crippen LogP contribution in [0.5, 0.6) is 0 Å².